The Morgan fingerprint density at radius 3 is 2.74 bits per heavy atom. The fourth-order valence-corrected chi connectivity index (χ4v) is 1.93. The molecule has 19 heavy (non-hydrogen) atoms. The van der Waals surface area contributed by atoms with Crippen molar-refractivity contribution >= 4 is 0 Å². The van der Waals surface area contributed by atoms with Crippen molar-refractivity contribution in [1.82, 2.24) is 9.78 Å². The minimum Gasteiger partial charge on any atom is -0.454 e. The molecule has 0 saturated heterocycles. The number of hydrogen-bond acceptors (Lipinski definition) is 3. The van der Waals surface area contributed by atoms with E-state index >= 15 is 0 Å². The lowest BCUT2D eigenvalue weighted by atomic mass is 10.1. The van der Waals surface area contributed by atoms with Crippen LogP contribution in [0.25, 0.3) is 0 Å². The van der Waals surface area contributed by atoms with Crippen LogP contribution in [0.15, 0.2) is 30.6 Å². The molecule has 2 aromatic rings. The minimum atomic E-state index is 0.338. The van der Waals surface area contributed by atoms with Gasteiger partial charge in [0.05, 0.1) is 12.4 Å². The molecule has 2 N–H and O–H groups in total. The molecule has 1 heterocycles. The van der Waals surface area contributed by atoms with Crippen molar-refractivity contribution in [3.63, 3.8) is 0 Å². The van der Waals surface area contributed by atoms with E-state index in [4.69, 9.17) is 10.5 Å². The first kappa shape index (κ1) is 13.6. The van der Waals surface area contributed by atoms with Crippen LogP contribution in [0.2, 0.25) is 0 Å². The lowest BCUT2D eigenvalue weighted by Crippen LogP contribution is -2.02. The van der Waals surface area contributed by atoms with Gasteiger partial charge in [-0.05, 0) is 50.9 Å². The summed E-state index contributed by atoms with van der Waals surface area (Å²) in [6, 6.07) is 6.51. The minimum absolute atomic E-state index is 0.338. The zero-order valence-corrected chi connectivity index (χ0v) is 11.8. The first-order valence-electron chi connectivity index (χ1n) is 6.61. The lowest BCUT2D eigenvalue weighted by Gasteiger charge is -2.08. The molecule has 0 saturated carbocycles. The number of ether oxygens (including phenoxy) is 1. The highest BCUT2D eigenvalue weighted by molar-refractivity contribution is 5.39. The highest BCUT2D eigenvalue weighted by atomic mass is 16.5. The monoisotopic (exact) mass is 259 g/mol. The van der Waals surface area contributed by atoms with Crippen LogP contribution in [0.1, 0.15) is 31.0 Å². The van der Waals surface area contributed by atoms with Crippen LogP contribution < -0.4 is 10.5 Å². The molecule has 0 fully saturated rings. The number of rotatable bonds is 5. The Morgan fingerprint density at radius 2 is 2.16 bits per heavy atom. The molecule has 2 rings (SSSR count). The van der Waals surface area contributed by atoms with Crippen LogP contribution in [0.5, 0.6) is 11.5 Å². The molecule has 0 unspecified atom stereocenters. The summed E-state index contributed by atoms with van der Waals surface area (Å²) in [6.07, 6.45) is 4.55. The number of nitrogens with zero attached hydrogens (tertiary/aromatic N) is 2. The zero-order chi connectivity index (χ0) is 13.8. The van der Waals surface area contributed by atoms with Crippen LogP contribution in [-0.2, 0) is 6.42 Å². The van der Waals surface area contributed by atoms with Crippen LogP contribution in [0.4, 0.5) is 0 Å². The Morgan fingerprint density at radius 1 is 1.37 bits per heavy atom. The molecule has 0 amide bonds. The second-order valence-electron chi connectivity index (χ2n) is 4.99. The normalized spacial score (nSPS) is 11.0. The molecule has 1 aromatic carbocycles. The number of nitrogens with two attached hydrogens (primary N) is 1. The number of hydrogen-bond donors (Lipinski definition) is 1. The van der Waals surface area contributed by atoms with Gasteiger partial charge in [-0.25, -0.2) is 0 Å². The zero-order valence-electron chi connectivity index (χ0n) is 11.8. The van der Waals surface area contributed by atoms with E-state index in [9.17, 15) is 0 Å². The van der Waals surface area contributed by atoms with Crippen LogP contribution >= 0.6 is 0 Å². The average molecular weight is 259 g/mol. The number of aryl methyl sites for hydroxylation is 1. The van der Waals surface area contributed by atoms with Gasteiger partial charge in [-0.3, -0.25) is 4.68 Å². The molecule has 0 atom stereocenters. The summed E-state index contributed by atoms with van der Waals surface area (Å²) in [5, 5.41) is 4.26. The first-order valence-corrected chi connectivity index (χ1v) is 6.61. The molecule has 1 aromatic heterocycles. The van der Waals surface area contributed by atoms with Crippen molar-refractivity contribution in [2.24, 2.45) is 5.73 Å². The largest absolute Gasteiger partial charge is 0.454 e. The molecule has 4 heteroatoms. The summed E-state index contributed by atoms with van der Waals surface area (Å²) < 4.78 is 7.74. The molecule has 0 radical (unpaired) electrons. The van der Waals surface area contributed by atoms with E-state index in [0.717, 1.165) is 23.5 Å². The Hall–Kier alpha value is -1.81. The second kappa shape index (κ2) is 5.89. The maximum absolute atomic E-state index is 5.86. The highest BCUT2D eigenvalue weighted by Gasteiger charge is 2.06. The standard InChI is InChI=1S/C15H21N3O/c1-11(2)18-10-14(9-17-18)19-15-5-4-13(6-7-16)8-12(15)3/h4-5,8-11H,6-7,16H2,1-3H3. The topological polar surface area (TPSA) is 53.1 Å². The van der Waals surface area contributed by atoms with Gasteiger partial charge in [-0.1, -0.05) is 12.1 Å². The summed E-state index contributed by atoms with van der Waals surface area (Å²) in [5.74, 6) is 1.63. The van der Waals surface area contributed by atoms with Crippen molar-refractivity contribution in [2.75, 3.05) is 6.54 Å². The molecule has 0 aliphatic heterocycles. The third kappa shape index (κ3) is 3.35. The highest BCUT2D eigenvalue weighted by Crippen LogP contribution is 2.26. The van der Waals surface area contributed by atoms with Gasteiger partial charge in [0.15, 0.2) is 5.75 Å². The van der Waals surface area contributed by atoms with Crippen molar-refractivity contribution in [1.29, 1.82) is 0 Å². The molecule has 0 aliphatic rings. The van der Waals surface area contributed by atoms with Crippen molar-refractivity contribution in [2.45, 2.75) is 33.2 Å². The fourth-order valence-electron chi connectivity index (χ4n) is 1.93. The van der Waals surface area contributed by atoms with Crippen LogP contribution in [-0.4, -0.2) is 16.3 Å². The van der Waals surface area contributed by atoms with Gasteiger partial charge in [0.1, 0.15) is 5.75 Å². The molecular formula is C15H21N3O. The summed E-state index contributed by atoms with van der Waals surface area (Å²) in [5.41, 5.74) is 7.92. The third-order valence-corrected chi connectivity index (χ3v) is 3.01. The van der Waals surface area contributed by atoms with Gasteiger partial charge >= 0.3 is 0 Å². The van der Waals surface area contributed by atoms with Crippen molar-refractivity contribution in [3.05, 3.63) is 41.7 Å². The van der Waals surface area contributed by atoms with Crippen molar-refractivity contribution in [3.8, 4) is 11.5 Å². The van der Waals surface area contributed by atoms with Gasteiger partial charge in [0.25, 0.3) is 0 Å². The van der Waals surface area contributed by atoms with Gasteiger partial charge in [0, 0.05) is 6.04 Å². The van der Waals surface area contributed by atoms with E-state index in [1.807, 2.05) is 23.9 Å². The van der Waals surface area contributed by atoms with E-state index in [1.54, 1.807) is 6.20 Å². The molecule has 0 spiro atoms. The Labute approximate surface area is 114 Å². The maximum Gasteiger partial charge on any atom is 0.165 e. The predicted octanol–water partition coefficient (Wildman–Crippen LogP) is 3.07. The van der Waals surface area contributed by atoms with Gasteiger partial charge < -0.3 is 10.5 Å². The molecular weight excluding hydrogens is 238 g/mol. The van der Waals surface area contributed by atoms with Gasteiger partial charge in [0.2, 0.25) is 0 Å². The molecule has 0 aliphatic carbocycles. The van der Waals surface area contributed by atoms with E-state index in [2.05, 4.69) is 31.1 Å². The van der Waals surface area contributed by atoms with E-state index in [1.165, 1.54) is 5.56 Å². The van der Waals surface area contributed by atoms with Gasteiger partial charge in [-0.15, -0.1) is 0 Å². The quantitative estimate of drug-likeness (QED) is 0.897. The first-order chi connectivity index (χ1) is 9.10. The summed E-state index contributed by atoms with van der Waals surface area (Å²) >= 11 is 0. The summed E-state index contributed by atoms with van der Waals surface area (Å²) in [4.78, 5) is 0. The lowest BCUT2D eigenvalue weighted by molar-refractivity contribution is 0.473. The Balaban J connectivity index is 2.13. The summed E-state index contributed by atoms with van der Waals surface area (Å²) in [7, 11) is 0. The van der Waals surface area contributed by atoms with Gasteiger partial charge in [-0.2, -0.15) is 5.10 Å². The molecule has 102 valence electrons. The average Bonchev–Trinajstić information content (AvgIpc) is 2.82. The maximum atomic E-state index is 5.86. The van der Waals surface area contributed by atoms with E-state index in [0.29, 0.717) is 12.6 Å². The third-order valence-electron chi connectivity index (χ3n) is 3.01. The van der Waals surface area contributed by atoms with Crippen LogP contribution in [0.3, 0.4) is 0 Å². The number of benzene rings is 1. The summed E-state index contributed by atoms with van der Waals surface area (Å²) in [6.45, 7) is 6.89. The smallest absolute Gasteiger partial charge is 0.165 e. The number of aromatic nitrogens is 2. The Bertz CT molecular complexity index is 546. The Kier molecular flexibility index (Phi) is 4.22. The van der Waals surface area contributed by atoms with Crippen LogP contribution in [0, 0.1) is 6.92 Å². The molecule has 4 nitrogen and oxygen atoms in total. The predicted molar refractivity (Wildman–Crippen MR) is 76.6 cm³/mol. The van der Waals surface area contributed by atoms with E-state index < -0.39 is 0 Å². The van der Waals surface area contributed by atoms with E-state index in [-0.39, 0.29) is 0 Å². The SMILES string of the molecule is Cc1cc(CCN)ccc1Oc1cnn(C(C)C)c1. The fraction of sp³-hybridized carbons (Fsp3) is 0.400. The molecule has 0 bridgehead atoms. The second-order valence-corrected chi connectivity index (χ2v) is 4.99. The van der Waals surface area contributed by atoms with Crippen molar-refractivity contribution < 1.29 is 4.74 Å².